The molecule has 0 spiro atoms. The number of allylic oxidation sites excluding steroid dienone is 1. The normalized spacial score (nSPS) is 14.0. The zero-order chi connectivity index (χ0) is 26.7. The van der Waals surface area contributed by atoms with Crippen molar-refractivity contribution in [2.75, 3.05) is 0 Å². The number of aromatic carboxylic acids is 1. The molecule has 194 valence electrons. The first kappa shape index (κ1) is 27.0. The summed E-state index contributed by atoms with van der Waals surface area (Å²) in [5.41, 5.74) is 4.16. The van der Waals surface area contributed by atoms with E-state index >= 15 is 0 Å². The smallest absolute Gasteiger partial charge is 0.417 e. The highest BCUT2D eigenvalue weighted by atomic mass is 35.5. The van der Waals surface area contributed by atoms with Gasteiger partial charge >= 0.3 is 12.1 Å². The molecule has 0 aliphatic heterocycles. The van der Waals surface area contributed by atoms with E-state index in [-0.39, 0.29) is 16.1 Å². The predicted octanol–water partition coefficient (Wildman–Crippen LogP) is 9.33. The molecule has 0 fully saturated rings. The third-order valence-electron chi connectivity index (χ3n) is 7.34. The number of benzene rings is 3. The highest BCUT2D eigenvalue weighted by molar-refractivity contribution is 6.33. The van der Waals surface area contributed by atoms with E-state index < -0.39 is 17.7 Å². The molecule has 4 rings (SSSR count). The van der Waals surface area contributed by atoms with Gasteiger partial charge in [-0.3, -0.25) is 0 Å². The molecule has 0 amide bonds. The van der Waals surface area contributed by atoms with Gasteiger partial charge in [-0.05, 0) is 89.3 Å². The van der Waals surface area contributed by atoms with Gasteiger partial charge in [-0.15, -0.1) is 0 Å². The van der Waals surface area contributed by atoms with Gasteiger partial charge in [-0.25, -0.2) is 4.79 Å². The second-order valence-corrected chi connectivity index (χ2v) is 10.0. The molecule has 6 heteroatoms. The molecular formula is C31H30ClF3O2. The first-order valence-corrected chi connectivity index (χ1v) is 13.1. The molecule has 1 aliphatic carbocycles. The molecule has 2 nitrogen and oxygen atoms in total. The number of carboxylic acid groups (broad SMARTS) is 1. The Hall–Kier alpha value is -3.05. The van der Waals surface area contributed by atoms with Gasteiger partial charge in [0.15, 0.2) is 0 Å². The lowest BCUT2D eigenvalue weighted by atomic mass is 9.85. The maximum Gasteiger partial charge on any atom is 0.417 e. The van der Waals surface area contributed by atoms with Gasteiger partial charge in [0.25, 0.3) is 0 Å². The second kappa shape index (κ2) is 11.1. The first-order valence-electron chi connectivity index (χ1n) is 12.7. The van der Waals surface area contributed by atoms with Gasteiger partial charge in [0.2, 0.25) is 0 Å². The summed E-state index contributed by atoms with van der Waals surface area (Å²) >= 11 is 6.47. The predicted molar refractivity (Wildman–Crippen MR) is 143 cm³/mol. The van der Waals surface area contributed by atoms with Crippen LogP contribution in [-0.4, -0.2) is 11.1 Å². The molecule has 0 aromatic heterocycles. The third kappa shape index (κ3) is 5.77. The highest BCUT2D eigenvalue weighted by Gasteiger charge is 2.36. The van der Waals surface area contributed by atoms with Crippen molar-refractivity contribution < 1.29 is 23.1 Å². The highest BCUT2D eigenvalue weighted by Crippen LogP contribution is 2.46. The van der Waals surface area contributed by atoms with Crippen molar-refractivity contribution in [3.63, 3.8) is 0 Å². The van der Waals surface area contributed by atoms with Crippen LogP contribution in [0.15, 0.2) is 60.7 Å². The molecule has 0 unspecified atom stereocenters. The van der Waals surface area contributed by atoms with Crippen molar-refractivity contribution in [3.05, 3.63) is 105 Å². The maximum absolute atomic E-state index is 14.1. The lowest BCUT2D eigenvalue weighted by molar-refractivity contribution is -0.137. The Labute approximate surface area is 220 Å². The molecule has 1 N–H and O–H groups in total. The summed E-state index contributed by atoms with van der Waals surface area (Å²) in [6.07, 6.45) is 0.0559. The number of hydrogen-bond acceptors (Lipinski definition) is 1. The minimum Gasteiger partial charge on any atom is -0.478 e. The van der Waals surface area contributed by atoms with Crippen LogP contribution in [-0.2, 0) is 19.0 Å². The van der Waals surface area contributed by atoms with Gasteiger partial charge < -0.3 is 5.11 Å². The summed E-state index contributed by atoms with van der Waals surface area (Å²) in [4.78, 5) is 11.6. The van der Waals surface area contributed by atoms with Crippen LogP contribution in [0.1, 0.15) is 83.3 Å². The largest absolute Gasteiger partial charge is 0.478 e. The number of halogens is 4. The molecule has 0 saturated heterocycles. The Morgan fingerprint density at radius 2 is 1.70 bits per heavy atom. The summed E-state index contributed by atoms with van der Waals surface area (Å²) in [5.74, 6) is -0.458. The summed E-state index contributed by atoms with van der Waals surface area (Å²) in [5, 5.41) is 9.57. The minimum atomic E-state index is -4.57. The topological polar surface area (TPSA) is 37.3 Å². The summed E-state index contributed by atoms with van der Waals surface area (Å²) in [6.45, 7) is 4.35. The summed E-state index contributed by atoms with van der Waals surface area (Å²) in [7, 11) is 0. The number of aryl methyl sites for hydroxylation is 1. The van der Waals surface area contributed by atoms with Crippen molar-refractivity contribution in [2.24, 2.45) is 5.92 Å². The van der Waals surface area contributed by atoms with Crippen molar-refractivity contribution >= 4 is 28.7 Å². The van der Waals surface area contributed by atoms with Crippen molar-refractivity contribution in [1.29, 1.82) is 0 Å². The van der Waals surface area contributed by atoms with E-state index in [0.717, 1.165) is 42.0 Å². The van der Waals surface area contributed by atoms with Crippen LogP contribution in [0.25, 0.3) is 11.1 Å². The zero-order valence-corrected chi connectivity index (χ0v) is 21.7. The van der Waals surface area contributed by atoms with E-state index in [1.807, 2.05) is 24.3 Å². The van der Waals surface area contributed by atoms with Crippen LogP contribution in [0.3, 0.4) is 0 Å². The Morgan fingerprint density at radius 1 is 1.00 bits per heavy atom. The molecule has 3 aromatic rings. The van der Waals surface area contributed by atoms with Gasteiger partial charge in [0, 0.05) is 10.6 Å². The van der Waals surface area contributed by atoms with E-state index in [4.69, 9.17) is 11.6 Å². The number of carboxylic acids is 1. The van der Waals surface area contributed by atoms with Gasteiger partial charge in [0.05, 0.1) is 11.1 Å². The van der Waals surface area contributed by atoms with Gasteiger partial charge in [0.1, 0.15) is 0 Å². The minimum absolute atomic E-state index is 0.00272. The number of fused-ring (bicyclic) bond motifs is 1. The monoisotopic (exact) mass is 526 g/mol. The molecule has 0 radical (unpaired) electrons. The molecule has 0 heterocycles. The molecule has 0 bridgehead atoms. The first-order chi connectivity index (χ1) is 17.6. The maximum atomic E-state index is 14.1. The average molecular weight is 527 g/mol. The number of hydrogen-bond donors (Lipinski definition) is 1. The van der Waals surface area contributed by atoms with E-state index in [0.29, 0.717) is 36.3 Å². The third-order valence-corrected chi connectivity index (χ3v) is 7.65. The van der Waals surface area contributed by atoms with Gasteiger partial charge in [-0.2, -0.15) is 13.2 Å². The molecule has 37 heavy (non-hydrogen) atoms. The second-order valence-electron chi connectivity index (χ2n) is 9.63. The molecule has 1 aliphatic rings. The van der Waals surface area contributed by atoms with E-state index in [1.54, 1.807) is 12.1 Å². The molecule has 0 atom stereocenters. The number of alkyl halides is 3. The van der Waals surface area contributed by atoms with Crippen molar-refractivity contribution in [1.82, 2.24) is 0 Å². The van der Waals surface area contributed by atoms with Gasteiger partial charge in [-0.1, -0.05) is 74.7 Å². The van der Waals surface area contributed by atoms with Crippen molar-refractivity contribution in [3.8, 4) is 0 Å². The Kier molecular flexibility index (Phi) is 8.13. The lowest BCUT2D eigenvalue weighted by Gasteiger charge is -2.21. The lowest BCUT2D eigenvalue weighted by Crippen LogP contribution is -2.10. The number of rotatable bonds is 7. The van der Waals surface area contributed by atoms with E-state index in [1.165, 1.54) is 23.8 Å². The zero-order valence-electron chi connectivity index (χ0n) is 21.0. The van der Waals surface area contributed by atoms with Crippen LogP contribution in [0.5, 0.6) is 0 Å². The van der Waals surface area contributed by atoms with E-state index in [9.17, 15) is 23.1 Å². The fourth-order valence-electron chi connectivity index (χ4n) is 5.29. The van der Waals surface area contributed by atoms with Crippen LogP contribution in [0.4, 0.5) is 13.2 Å². The fourth-order valence-corrected chi connectivity index (χ4v) is 5.57. The number of carbonyl (C=O) groups is 1. The van der Waals surface area contributed by atoms with E-state index in [2.05, 4.69) is 13.8 Å². The molecular weight excluding hydrogens is 497 g/mol. The van der Waals surface area contributed by atoms with Crippen LogP contribution in [0.2, 0.25) is 5.02 Å². The quantitative estimate of drug-likeness (QED) is 0.333. The van der Waals surface area contributed by atoms with Crippen LogP contribution < -0.4 is 0 Å². The Bertz CT molecular complexity index is 1320. The fraction of sp³-hybridized carbons (Fsp3) is 0.323. The van der Waals surface area contributed by atoms with Crippen LogP contribution in [0, 0.1) is 5.92 Å². The van der Waals surface area contributed by atoms with Crippen molar-refractivity contribution in [2.45, 2.75) is 58.5 Å². The Morgan fingerprint density at radius 3 is 2.32 bits per heavy atom. The summed E-state index contributed by atoms with van der Waals surface area (Å²) in [6, 6.07) is 16.8. The van der Waals surface area contributed by atoms with Crippen LogP contribution >= 0.6 is 11.6 Å². The average Bonchev–Trinajstić information content (AvgIpc) is 3.06. The Balaban J connectivity index is 1.97. The summed E-state index contributed by atoms with van der Waals surface area (Å²) < 4.78 is 42.4. The SMILES string of the molecule is CCC(CC)Cc1ccc(C2=C(c3c(Cl)cccc3C(F)(F)F)CCCc3cc(C(=O)O)ccc32)cc1. The standard InChI is InChI=1S/C31H30ClF3O2/c1-3-19(4-2)17-20-11-13-21(14-12-20)28-24-16-15-23(30(36)37)18-22(24)7-5-8-25(28)29-26(31(33,34)35)9-6-10-27(29)32/h6,9-16,18-19H,3-5,7-8,17H2,1-2H3,(H,36,37). The molecule has 3 aromatic carbocycles. The molecule has 0 saturated carbocycles.